The van der Waals surface area contributed by atoms with Crippen molar-refractivity contribution in [1.29, 1.82) is 0 Å². The molecule has 1 fully saturated rings. The summed E-state index contributed by atoms with van der Waals surface area (Å²) in [6.45, 7) is 11.3. The Labute approximate surface area is 177 Å². The third kappa shape index (κ3) is 18.5. The van der Waals surface area contributed by atoms with Crippen molar-refractivity contribution in [2.45, 2.75) is 85.3 Å². The van der Waals surface area contributed by atoms with Crippen molar-refractivity contribution < 1.29 is 23.9 Å². The van der Waals surface area contributed by atoms with Crippen molar-refractivity contribution in [3.8, 4) is 0 Å². The van der Waals surface area contributed by atoms with Gasteiger partial charge in [0.15, 0.2) is 0 Å². The van der Waals surface area contributed by atoms with Crippen molar-refractivity contribution in [1.82, 2.24) is 10.6 Å². The van der Waals surface area contributed by atoms with Gasteiger partial charge >= 0.3 is 0 Å². The number of nitrogens with one attached hydrogen (secondary N) is 2. The van der Waals surface area contributed by atoms with Crippen LogP contribution in [0.4, 0.5) is 0 Å². The molecule has 0 atom stereocenters. The molecule has 0 bridgehead atoms. The lowest BCUT2D eigenvalue weighted by Crippen LogP contribution is -2.32. The number of amides is 1. The first-order chi connectivity index (χ1) is 13.9. The Morgan fingerprint density at radius 2 is 1.69 bits per heavy atom. The quantitative estimate of drug-likeness (QED) is 0.375. The Hall–Kier alpha value is -1.31. The van der Waals surface area contributed by atoms with E-state index in [1.807, 2.05) is 41.7 Å². The van der Waals surface area contributed by atoms with E-state index >= 15 is 0 Å². The molecule has 7 heteroatoms. The molecule has 0 aromatic heterocycles. The monoisotopic (exact) mass is 416 g/mol. The van der Waals surface area contributed by atoms with Crippen LogP contribution in [0.25, 0.3) is 0 Å². The van der Waals surface area contributed by atoms with E-state index in [9.17, 15) is 14.4 Å². The number of carbonyl (C=O) groups excluding carboxylic acids is 3. The highest BCUT2D eigenvalue weighted by Gasteiger charge is 2.23. The molecule has 1 rings (SSSR count). The van der Waals surface area contributed by atoms with Gasteiger partial charge in [-0.1, -0.05) is 20.8 Å². The van der Waals surface area contributed by atoms with Crippen molar-refractivity contribution in [3.05, 3.63) is 0 Å². The average Bonchev–Trinajstić information content (AvgIpc) is 2.75. The first kappa shape index (κ1) is 29.9. The molecule has 29 heavy (non-hydrogen) atoms. The number of rotatable bonds is 12. The Bertz CT molecular complexity index is 408. The highest BCUT2D eigenvalue weighted by atomic mass is 16.5. The molecule has 0 radical (unpaired) electrons. The molecule has 0 aromatic carbocycles. The summed E-state index contributed by atoms with van der Waals surface area (Å²) in [6, 6.07) is 0.658. The Morgan fingerprint density at radius 3 is 2.17 bits per heavy atom. The van der Waals surface area contributed by atoms with Crippen LogP contribution < -0.4 is 10.6 Å². The molecule has 2 N–H and O–H groups in total. The number of carbonyl (C=O) groups is 3. The molecular formula is C22H44N2O5. The summed E-state index contributed by atoms with van der Waals surface area (Å²) in [5.41, 5.74) is 0. The maximum Gasteiger partial charge on any atom is 0.222 e. The molecule has 1 aliphatic carbocycles. The molecule has 0 heterocycles. The van der Waals surface area contributed by atoms with Gasteiger partial charge in [0.2, 0.25) is 5.91 Å². The van der Waals surface area contributed by atoms with E-state index in [2.05, 4.69) is 10.6 Å². The van der Waals surface area contributed by atoms with Gasteiger partial charge in [-0.05, 0) is 46.6 Å². The summed E-state index contributed by atoms with van der Waals surface area (Å²) in [5.74, 6) is 0.663. The van der Waals surface area contributed by atoms with Gasteiger partial charge < -0.3 is 24.9 Å². The second-order valence-corrected chi connectivity index (χ2v) is 6.91. The summed E-state index contributed by atoms with van der Waals surface area (Å²) < 4.78 is 10.4. The van der Waals surface area contributed by atoms with Crippen LogP contribution in [0.2, 0.25) is 0 Å². The predicted molar refractivity (Wildman–Crippen MR) is 117 cm³/mol. The zero-order chi connectivity index (χ0) is 22.5. The lowest BCUT2D eigenvalue weighted by molar-refractivity contribution is -0.124. The Morgan fingerprint density at radius 1 is 1.07 bits per heavy atom. The number of hydrogen-bond acceptors (Lipinski definition) is 6. The summed E-state index contributed by atoms with van der Waals surface area (Å²) >= 11 is 0. The topological polar surface area (TPSA) is 93.7 Å². The Balaban J connectivity index is 0. The molecule has 172 valence electrons. The number of ether oxygens (including phenoxy) is 2. The molecular weight excluding hydrogens is 372 g/mol. The normalized spacial score (nSPS) is 18.0. The van der Waals surface area contributed by atoms with Gasteiger partial charge in [-0.3, -0.25) is 9.59 Å². The van der Waals surface area contributed by atoms with Crippen LogP contribution in [0.5, 0.6) is 0 Å². The summed E-state index contributed by atoms with van der Waals surface area (Å²) in [5, 5.41) is 5.69. The van der Waals surface area contributed by atoms with Gasteiger partial charge in [-0.25, -0.2) is 0 Å². The van der Waals surface area contributed by atoms with Gasteiger partial charge in [-0.2, -0.15) is 0 Å². The zero-order valence-electron chi connectivity index (χ0n) is 19.4. The van der Waals surface area contributed by atoms with E-state index in [1.54, 1.807) is 0 Å². The average molecular weight is 417 g/mol. The van der Waals surface area contributed by atoms with Crippen molar-refractivity contribution in [2.75, 3.05) is 33.4 Å². The lowest BCUT2D eigenvalue weighted by Gasteiger charge is -2.26. The first-order valence-corrected chi connectivity index (χ1v) is 11.0. The van der Waals surface area contributed by atoms with Crippen molar-refractivity contribution >= 4 is 18.0 Å². The standard InChI is InChI=1S/C10H19NO4.C10H19NO.C2H6/c1-9(2)15-8-7-14-6-3-10(13)11-4-5-12;1-3-10(12)8-4-6-9(11-2)7-5-8;1-2/h5,9H,3-4,6-8H2,1-2H3,(H,11,13);8-9,11H,3-7H2,1-2H3;1-2H3. The number of hydrogen-bond donors (Lipinski definition) is 2. The van der Waals surface area contributed by atoms with E-state index < -0.39 is 0 Å². The minimum absolute atomic E-state index is 0.0648. The number of aldehydes is 1. The van der Waals surface area contributed by atoms with Crippen LogP contribution in [-0.2, 0) is 23.9 Å². The predicted octanol–water partition coefficient (Wildman–Crippen LogP) is 2.90. The minimum atomic E-state index is -0.174. The Kier molecular flexibility index (Phi) is 22.1. The molecule has 0 aromatic rings. The van der Waals surface area contributed by atoms with Gasteiger partial charge in [0.1, 0.15) is 12.1 Å². The molecule has 0 spiro atoms. The van der Waals surface area contributed by atoms with Crippen molar-refractivity contribution in [3.63, 3.8) is 0 Å². The highest BCUT2D eigenvalue weighted by molar-refractivity contribution is 5.80. The molecule has 0 aliphatic heterocycles. The van der Waals surface area contributed by atoms with Crippen LogP contribution in [0.1, 0.15) is 73.1 Å². The first-order valence-electron chi connectivity index (χ1n) is 11.0. The third-order valence-corrected chi connectivity index (χ3v) is 4.47. The second-order valence-electron chi connectivity index (χ2n) is 6.91. The minimum Gasteiger partial charge on any atom is -0.379 e. The molecule has 1 saturated carbocycles. The number of Topliss-reactive ketones (excluding diaryl/α,β-unsaturated/α-hetero) is 1. The van der Waals surface area contributed by atoms with E-state index in [4.69, 9.17) is 9.47 Å². The zero-order valence-corrected chi connectivity index (χ0v) is 19.4. The van der Waals surface area contributed by atoms with Crippen LogP contribution >= 0.6 is 0 Å². The van der Waals surface area contributed by atoms with Gasteiger partial charge in [0, 0.05) is 24.8 Å². The fourth-order valence-electron chi connectivity index (χ4n) is 2.85. The largest absolute Gasteiger partial charge is 0.379 e. The second kappa shape index (κ2) is 21.4. The van der Waals surface area contributed by atoms with Gasteiger partial charge in [-0.15, -0.1) is 0 Å². The maximum absolute atomic E-state index is 11.3. The smallest absolute Gasteiger partial charge is 0.222 e. The SMILES string of the molecule is CC.CC(C)OCCOCCC(=O)NCC=O.CCC(=O)C1CCC(NC)CC1. The van der Waals surface area contributed by atoms with E-state index in [0.29, 0.717) is 43.8 Å². The van der Waals surface area contributed by atoms with Crippen LogP contribution in [0, 0.1) is 5.92 Å². The molecule has 0 unspecified atom stereocenters. The fourth-order valence-corrected chi connectivity index (χ4v) is 2.85. The third-order valence-electron chi connectivity index (χ3n) is 4.47. The number of ketones is 1. The fraction of sp³-hybridized carbons (Fsp3) is 0.864. The van der Waals surface area contributed by atoms with E-state index in [1.165, 1.54) is 12.8 Å². The molecule has 0 saturated heterocycles. The van der Waals surface area contributed by atoms with Gasteiger partial charge in [0.25, 0.3) is 0 Å². The summed E-state index contributed by atoms with van der Waals surface area (Å²) in [4.78, 5) is 32.2. The molecule has 1 amide bonds. The van der Waals surface area contributed by atoms with Gasteiger partial charge in [0.05, 0.1) is 32.5 Å². The summed E-state index contributed by atoms with van der Waals surface area (Å²) in [6.07, 6.45) is 6.38. The molecule has 1 aliphatic rings. The van der Waals surface area contributed by atoms with Crippen LogP contribution in [-0.4, -0.2) is 63.5 Å². The summed E-state index contributed by atoms with van der Waals surface area (Å²) in [7, 11) is 2.01. The van der Waals surface area contributed by atoms with Crippen molar-refractivity contribution in [2.24, 2.45) is 5.92 Å². The maximum atomic E-state index is 11.3. The van der Waals surface area contributed by atoms with Crippen LogP contribution in [0.3, 0.4) is 0 Å². The van der Waals surface area contributed by atoms with Crippen LogP contribution in [0.15, 0.2) is 0 Å². The van der Waals surface area contributed by atoms with E-state index in [0.717, 1.165) is 19.3 Å². The highest BCUT2D eigenvalue weighted by Crippen LogP contribution is 2.25. The van der Waals surface area contributed by atoms with E-state index in [-0.39, 0.29) is 25.0 Å². The molecule has 7 nitrogen and oxygen atoms in total. The lowest BCUT2D eigenvalue weighted by atomic mass is 9.83.